The van der Waals surface area contributed by atoms with Crippen molar-refractivity contribution < 1.29 is 4.74 Å². The van der Waals surface area contributed by atoms with Crippen LogP contribution in [-0.4, -0.2) is 36.7 Å². The lowest BCUT2D eigenvalue weighted by molar-refractivity contribution is 0.00533. The Labute approximate surface area is 113 Å². The smallest absolute Gasteiger partial charge is 0.0601 e. The Morgan fingerprint density at radius 3 is 2.17 bits per heavy atom. The Kier molecular flexibility index (Phi) is 5.97. The highest BCUT2D eigenvalue weighted by Gasteiger charge is 2.40. The second kappa shape index (κ2) is 7.49. The molecule has 2 heterocycles. The molecule has 0 amide bonds. The molecule has 2 rings (SSSR count). The van der Waals surface area contributed by atoms with E-state index in [0.29, 0.717) is 6.10 Å². The van der Waals surface area contributed by atoms with E-state index >= 15 is 0 Å². The van der Waals surface area contributed by atoms with Crippen LogP contribution in [0.3, 0.4) is 0 Å². The molecule has 0 saturated carbocycles. The molecule has 2 atom stereocenters. The van der Waals surface area contributed by atoms with Crippen LogP contribution in [0.15, 0.2) is 0 Å². The molecule has 2 aliphatic heterocycles. The summed E-state index contributed by atoms with van der Waals surface area (Å²) in [5.74, 6) is 0. The van der Waals surface area contributed by atoms with E-state index < -0.39 is 0 Å². The fourth-order valence-electron chi connectivity index (χ4n) is 3.86. The van der Waals surface area contributed by atoms with Crippen molar-refractivity contribution in [2.24, 2.45) is 0 Å². The van der Waals surface area contributed by atoms with Crippen molar-refractivity contribution in [1.82, 2.24) is 4.90 Å². The summed E-state index contributed by atoms with van der Waals surface area (Å²) in [5, 5.41) is 0. The number of rotatable bonds is 8. The Bertz CT molecular complexity index is 217. The van der Waals surface area contributed by atoms with Gasteiger partial charge in [-0.2, -0.15) is 0 Å². The fourth-order valence-corrected chi connectivity index (χ4v) is 3.86. The van der Waals surface area contributed by atoms with Crippen LogP contribution in [0.5, 0.6) is 0 Å². The van der Waals surface area contributed by atoms with Crippen LogP contribution in [0, 0.1) is 0 Å². The normalized spacial score (nSPS) is 32.0. The number of piperidine rings is 1. The molecule has 2 saturated heterocycles. The first-order chi connectivity index (χ1) is 8.85. The van der Waals surface area contributed by atoms with Crippen molar-refractivity contribution in [1.29, 1.82) is 0 Å². The Balaban J connectivity index is 1.62. The number of ether oxygens (including phenoxy) is 1. The van der Waals surface area contributed by atoms with Gasteiger partial charge in [0.15, 0.2) is 0 Å². The quantitative estimate of drug-likeness (QED) is 0.606. The van der Waals surface area contributed by atoms with Crippen LogP contribution in [0.25, 0.3) is 0 Å². The highest BCUT2D eigenvalue weighted by Crippen LogP contribution is 2.36. The molecule has 0 aromatic heterocycles. The van der Waals surface area contributed by atoms with Crippen molar-refractivity contribution in [2.45, 2.75) is 89.3 Å². The third-order valence-electron chi connectivity index (χ3n) is 4.94. The SMILES string of the molecule is CCCCCCCCN1C2CCC1CC(OC)C2. The average Bonchev–Trinajstić information content (AvgIpc) is 2.63. The third kappa shape index (κ3) is 3.71. The summed E-state index contributed by atoms with van der Waals surface area (Å²) >= 11 is 0. The molecule has 2 fully saturated rings. The maximum Gasteiger partial charge on any atom is 0.0601 e. The van der Waals surface area contributed by atoms with Gasteiger partial charge in [-0.1, -0.05) is 39.0 Å². The van der Waals surface area contributed by atoms with E-state index in [9.17, 15) is 0 Å². The third-order valence-corrected chi connectivity index (χ3v) is 4.94. The summed E-state index contributed by atoms with van der Waals surface area (Å²) in [7, 11) is 1.88. The van der Waals surface area contributed by atoms with Gasteiger partial charge in [-0.3, -0.25) is 4.90 Å². The van der Waals surface area contributed by atoms with Gasteiger partial charge in [0, 0.05) is 19.2 Å². The number of nitrogens with zero attached hydrogens (tertiary/aromatic N) is 1. The van der Waals surface area contributed by atoms with Crippen molar-refractivity contribution in [3.63, 3.8) is 0 Å². The zero-order valence-corrected chi connectivity index (χ0v) is 12.4. The molecule has 0 aromatic rings. The summed E-state index contributed by atoms with van der Waals surface area (Å²) in [6.45, 7) is 3.63. The molecule has 2 unspecified atom stereocenters. The van der Waals surface area contributed by atoms with Crippen molar-refractivity contribution in [3.05, 3.63) is 0 Å². The number of methoxy groups -OCH3 is 1. The van der Waals surface area contributed by atoms with Gasteiger partial charge in [0.1, 0.15) is 0 Å². The van der Waals surface area contributed by atoms with Gasteiger partial charge in [0.25, 0.3) is 0 Å². The molecule has 0 N–H and O–H groups in total. The molecular weight excluding hydrogens is 222 g/mol. The molecular formula is C16H31NO. The van der Waals surface area contributed by atoms with Crippen molar-refractivity contribution >= 4 is 0 Å². The largest absolute Gasteiger partial charge is 0.381 e. The van der Waals surface area contributed by atoms with Gasteiger partial charge in [-0.15, -0.1) is 0 Å². The highest BCUT2D eigenvalue weighted by molar-refractivity contribution is 4.95. The van der Waals surface area contributed by atoms with Gasteiger partial charge in [0.05, 0.1) is 6.10 Å². The van der Waals surface area contributed by atoms with E-state index in [4.69, 9.17) is 4.74 Å². The molecule has 2 nitrogen and oxygen atoms in total. The van der Waals surface area contributed by atoms with Gasteiger partial charge in [-0.25, -0.2) is 0 Å². The molecule has 106 valence electrons. The standard InChI is InChI=1S/C16H31NO/c1-3-4-5-6-7-8-11-17-14-9-10-15(17)13-16(12-14)18-2/h14-16H,3-13H2,1-2H3. The van der Waals surface area contributed by atoms with E-state index in [0.717, 1.165) is 12.1 Å². The second-order valence-corrected chi connectivity index (χ2v) is 6.22. The molecule has 2 aliphatic rings. The van der Waals surface area contributed by atoms with E-state index in [1.165, 1.54) is 70.8 Å². The Morgan fingerprint density at radius 1 is 0.944 bits per heavy atom. The van der Waals surface area contributed by atoms with E-state index in [-0.39, 0.29) is 0 Å². The van der Waals surface area contributed by atoms with Gasteiger partial charge in [-0.05, 0) is 38.6 Å². The average molecular weight is 253 g/mol. The van der Waals surface area contributed by atoms with E-state index in [1.54, 1.807) is 0 Å². The molecule has 18 heavy (non-hydrogen) atoms. The predicted molar refractivity (Wildman–Crippen MR) is 76.9 cm³/mol. The molecule has 2 heteroatoms. The molecule has 0 radical (unpaired) electrons. The molecule has 0 aliphatic carbocycles. The summed E-state index contributed by atoms with van der Waals surface area (Å²) in [5.41, 5.74) is 0. The van der Waals surface area contributed by atoms with E-state index in [2.05, 4.69) is 11.8 Å². The van der Waals surface area contributed by atoms with Crippen LogP contribution in [-0.2, 0) is 4.74 Å². The van der Waals surface area contributed by atoms with Gasteiger partial charge >= 0.3 is 0 Å². The van der Waals surface area contributed by atoms with Crippen molar-refractivity contribution in [2.75, 3.05) is 13.7 Å². The number of unbranched alkanes of at least 4 members (excludes halogenated alkanes) is 5. The summed E-state index contributed by atoms with van der Waals surface area (Å²) in [6, 6.07) is 1.67. The summed E-state index contributed by atoms with van der Waals surface area (Å²) in [6.07, 6.45) is 14.4. The summed E-state index contributed by atoms with van der Waals surface area (Å²) < 4.78 is 5.56. The van der Waals surface area contributed by atoms with Crippen LogP contribution in [0.2, 0.25) is 0 Å². The zero-order valence-electron chi connectivity index (χ0n) is 12.4. The predicted octanol–water partition coefficient (Wildman–Crippen LogP) is 3.99. The first kappa shape index (κ1) is 14.3. The van der Waals surface area contributed by atoms with E-state index in [1.807, 2.05) is 7.11 Å². The highest BCUT2D eigenvalue weighted by atomic mass is 16.5. The van der Waals surface area contributed by atoms with Crippen LogP contribution in [0.4, 0.5) is 0 Å². The number of fused-ring (bicyclic) bond motifs is 2. The van der Waals surface area contributed by atoms with Crippen molar-refractivity contribution in [3.8, 4) is 0 Å². The first-order valence-electron chi connectivity index (χ1n) is 8.13. The lowest BCUT2D eigenvalue weighted by Gasteiger charge is -2.38. The molecule has 2 bridgehead atoms. The zero-order chi connectivity index (χ0) is 12.8. The topological polar surface area (TPSA) is 12.5 Å². The van der Waals surface area contributed by atoms with Crippen LogP contribution >= 0.6 is 0 Å². The van der Waals surface area contributed by atoms with Gasteiger partial charge < -0.3 is 4.74 Å². The lowest BCUT2D eigenvalue weighted by atomic mass is 9.99. The minimum Gasteiger partial charge on any atom is -0.381 e. The summed E-state index contributed by atoms with van der Waals surface area (Å²) in [4.78, 5) is 2.80. The Hall–Kier alpha value is -0.0800. The maximum absolute atomic E-state index is 5.56. The number of hydrogen-bond donors (Lipinski definition) is 0. The lowest BCUT2D eigenvalue weighted by Crippen LogP contribution is -2.45. The van der Waals surface area contributed by atoms with Crippen LogP contribution in [0.1, 0.15) is 71.1 Å². The first-order valence-corrected chi connectivity index (χ1v) is 8.13. The Morgan fingerprint density at radius 2 is 1.56 bits per heavy atom. The minimum atomic E-state index is 0.545. The molecule has 0 spiro atoms. The fraction of sp³-hybridized carbons (Fsp3) is 1.00. The molecule has 0 aromatic carbocycles. The number of hydrogen-bond acceptors (Lipinski definition) is 2. The maximum atomic E-state index is 5.56. The van der Waals surface area contributed by atoms with Gasteiger partial charge in [0.2, 0.25) is 0 Å². The second-order valence-electron chi connectivity index (χ2n) is 6.22. The van der Waals surface area contributed by atoms with Crippen LogP contribution < -0.4 is 0 Å². The minimum absolute atomic E-state index is 0.545. The monoisotopic (exact) mass is 253 g/mol.